The van der Waals surface area contributed by atoms with Gasteiger partial charge in [0, 0.05) is 0 Å². The molecular weight excluding hydrogens is 246 g/mol. The summed E-state index contributed by atoms with van der Waals surface area (Å²) < 4.78 is 33.0. The first kappa shape index (κ1) is 14.0. The van der Waals surface area contributed by atoms with Gasteiger partial charge >= 0.3 is 12.6 Å². The second kappa shape index (κ2) is 6.04. The van der Waals surface area contributed by atoms with E-state index in [9.17, 15) is 13.6 Å². The number of carbonyl (C=O) groups is 1. The maximum absolute atomic E-state index is 12.1. The van der Waals surface area contributed by atoms with Crippen LogP contribution in [0.1, 0.15) is 12.5 Å². The molecule has 0 radical (unpaired) electrons. The van der Waals surface area contributed by atoms with Crippen LogP contribution < -0.4 is 16.2 Å². The number of ether oxygens (including phenoxy) is 2. The molecule has 1 aromatic carbocycles. The van der Waals surface area contributed by atoms with Crippen molar-refractivity contribution in [1.82, 2.24) is 0 Å². The van der Waals surface area contributed by atoms with Crippen molar-refractivity contribution in [1.29, 1.82) is 0 Å². The number of hydrogen-bond acceptors (Lipinski definition) is 5. The normalized spacial score (nSPS) is 10.4. The van der Waals surface area contributed by atoms with Crippen molar-refractivity contribution in [3.8, 4) is 5.75 Å². The number of nitrogens with two attached hydrogens (primary N) is 2. The van der Waals surface area contributed by atoms with Crippen LogP contribution in [0.25, 0.3) is 0 Å². The lowest BCUT2D eigenvalue weighted by Gasteiger charge is -2.12. The molecule has 0 atom stereocenters. The van der Waals surface area contributed by atoms with Crippen molar-refractivity contribution in [3.05, 3.63) is 17.7 Å². The number of hydrogen-bond donors (Lipinski definition) is 2. The Kier molecular flexibility index (Phi) is 4.70. The molecule has 5 nitrogen and oxygen atoms in total. The Hall–Kier alpha value is -2.05. The third-order valence-corrected chi connectivity index (χ3v) is 2.19. The van der Waals surface area contributed by atoms with E-state index in [1.165, 1.54) is 12.1 Å². The van der Waals surface area contributed by atoms with Gasteiger partial charge in [-0.15, -0.1) is 0 Å². The van der Waals surface area contributed by atoms with Crippen LogP contribution in [0.2, 0.25) is 0 Å². The largest absolute Gasteiger partial charge is 0.466 e. The fourth-order valence-electron chi connectivity index (χ4n) is 1.38. The summed E-state index contributed by atoms with van der Waals surface area (Å²) in [5.41, 5.74) is 11.5. The van der Waals surface area contributed by atoms with Crippen LogP contribution in [0, 0.1) is 0 Å². The molecule has 0 aliphatic carbocycles. The van der Waals surface area contributed by atoms with Gasteiger partial charge in [0.05, 0.1) is 24.4 Å². The first-order valence-corrected chi connectivity index (χ1v) is 5.23. The Morgan fingerprint density at radius 3 is 2.56 bits per heavy atom. The molecule has 0 amide bonds. The third-order valence-electron chi connectivity index (χ3n) is 2.19. The highest BCUT2D eigenvalue weighted by Gasteiger charge is 2.15. The molecule has 1 rings (SSSR count). The van der Waals surface area contributed by atoms with Crippen LogP contribution in [0.5, 0.6) is 5.75 Å². The zero-order valence-electron chi connectivity index (χ0n) is 9.78. The van der Waals surface area contributed by atoms with E-state index in [0.29, 0.717) is 5.56 Å². The number of halogens is 2. The van der Waals surface area contributed by atoms with Gasteiger partial charge in [0.25, 0.3) is 0 Å². The molecule has 0 bridgehead atoms. The second-order valence-electron chi connectivity index (χ2n) is 3.41. The average Bonchev–Trinajstić information content (AvgIpc) is 2.29. The fraction of sp³-hybridized carbons (Fsp3) is 0.364. The topological polar surface area (TPSA) is 87.6 Å². The fourth-order valence-corrected chi connectivity index (χ4v) is 1.38. The summed E-state index contributed by atoms with van der Waals surface area (Å²) in [4.78, 5) is 11.3. The minimum atomic E-state index is -2.98. The summed E-state index contributed by atoms with van der Waals surface area (Å²) in [7, 11) is 0. The van der Waals surface area contributed by atoms with Gasteiger partial charge in [0.1, 0.15) is 0 Å². The third kappa shape index (κ3) is 3.47. The summed E-state index contributed by atoms with van der Waals surface area (Å²) in [6.45, 7) is -1.06. The Labute approximate surface area is 103 Å². The lowest BCUT2D eigenvalue weighted by atomic mass is 10.1. The highest BCUT2D eigenvalue weighted by atomic mass is 19.3. The van der Waals surface area contributed by atoms with E-state index in [1.54, 1.807) is 6.92 Å². The number of carbonyl (C=O) groups excluding carboxylic acids is 1. The number of benzene rings is 1. The van der Waals surface area contributed by atoms with Gasteiger partial charge in [-0.1, -0.05) is 6.07 Å². The monoisotopic (exact) mass is 260 g/mol. The van der Waals surface area contributed by atoms with E-state index < -0.39 is 12.6 Å². The van der Waals surface area contributed by atoms with Gasteiger partial charge in [0.15, 0.2) is 5.75 Å². The second-order valence-corrected chi connectivity index (χ2v) is 3.41. The van der Waals surface area contributed by atoms with Gasteiger partial charge in [-0.25, -0.2) is 0 Å². The molecule has 0 unspecified atom stereocenters. The molecule has 0 aromatic heterocycles. The van der Waals surface area contributed by atoms with Crippen molar-refractivity contribution in [2.24, 2.45) is 0 Å². The van der Waals surface area contributed by atoms with Crippen molar-refractivity contribution >= 4 is 17.3 Å². The Bertz CT molecular complexity index is 439. The van der Waals surface area contributed by atoms with Crippen molar-refractivity contribution in [2.75, 3.05) is 18.1 Å². The highest BCUT2D eigenvalue weighted by molar-refractivity contribution is 5.80. The van der Waals surface area contributed by atoms with E-state index >= 15 is 0 Å². The maximum atomic E-state index is 12.1. The van der Waals surface area contributed by atoms with Crippen molar-refractivity contribution in [2.45, 2.75) is 20.0 Å². The van der Waals surface area contributed by atoms with Crippen LogP contribution in [0.15, 0.2) is 12.1 Å². The molecule has 1 aromatic rings. The van der Waals surface area contributed by atoms with Gasteiger partial charge in [0.2, 0.25) is 0 Å². The first-order chi connectivity index (χ1) is 8.45. The van der Waals surface area contributed by atoms with Crippen LogP contribution in [-0.2, 0) is 16.0 Å². The standard InChI is InChI=1S/C11H14F2N2O3/c1-2-17-8(16)5-6-3-4-7(18-11(12)13)10(15)9(6)14/h3-4,11H,2,5,14-15H2,1H3. The van der Waals surface area contributed by atoms with Gasteiger partial charge < -0.3 is 20.9 Å². The predicted molar refractivity (Wildman–Crippen MR) is 62.2 cm³/mol. The molecule has 100 valence electrons. The number of nitrogen functional groups attached to an aromatic ring is 2. The molecule has 7 heteroatoms. The van der Waals surface area contributed by atoms with Crippen LogP contribution >= 0.6 is 0 Å². The van der Waals surface area contributed by atoms with Crippen LogP contribution in [0.3, 0.4) is 0 Å². The molecule has 18 heavy (non-hydrogen) atoms. The Morgan fingerprint density at radius 2 is 2.00 bits per heavy atom. The molecule has 0 spiro atoms. The summed E-state index contributed by atoms with van der Waals surface area (Å²) >= 11 is 0. The summed E-state index contributed by atoms with van der Waals surface area (Å²) in [6, 6.07) is 2.65. The minimum Gasteiger partial charge on any atom is -0.466 e. The van der Waals surface area contributed by atoms with E-state index in [1.807, 2.05) is 0 Å². The molecule has 0 saturated carbocycles. The quantitative estimate of drug-likeness (QED) is 0.619. The number of anilines is 2. The zero-order valence-corrected chi connectivity index (χ0v) is 9.78. The van der Waals surface area contributed by atoms with Crippen molar-refractivity contribution < 1.29 is 23.0 Å². The SMILES string of the molecule is CCOC(=O)Cc1ccc(OC(F)F)c(N)c1N. The molecule has 0 aliphatic heterocycles. The number of esters is 1. The van der Waals surface area contributed by atoms with E-state index in [0.717, 1.165) is 0 Å². The summed E-state index contributed by atoms with van der Waals surface area (Å²) in [6.07, 6.45) is -0.0706. The molecule has 0 heterocycles. The lowest BCUT2D eigenvalue weighted by Crippen LogP contribution is -2.12. The van der Waals surface area contributed by atoms with Gasteiger partial charge in [-0.2, -0.15) is 8.78 Å². The summed E-state index contributed by atoms with van der Waals surface area (Å²) in [5, 5.41) is 0. The highest BCUT2D eigenvalue weighted by Crippen LogP contribution is 2.32. The van der Waals surface area contributed by atoms with E-state index in [-0.39, 0.29) is 30.2 Å². The molecular formula is C11H14F2N2O3. The van der Waals surface area contributed by atoms with Crippen LogP contribution in [-0.4, -0.2) is 19.2 Å². The molecule has 4 N–H and O–H groups in total. The Balaban J connectivity index is 2.90. The summed E-state index contributed by atoms with van der Waals surface area (Å²) in [5.74, 6) is -0.679. The number of alkyl halides is 2. The van der Waals surface area contributed by atoms with Crippen molar-refractivity contribution in [3.63, 3.8) is 0 Å². The number of rotatable bonds is 5. The first-order valence-electron chi connectivity index (χ1n) is 5.23. The van der Waals surface area contributed by atoms with E-state index in [4.69, 9.17) is 16.2 Å². The zero-order chi connectivity index (χ0) is 13.7. The Morgan fingerprint density at radius 1 is 1.33 bits per heavy atom. The molecule has 0 aliphatic rings. The van der Waals surface area contributed by atoms with Gasteiger partial charge in [-0.3, -0.25) is 4.79 Å². The van der Waals surface area contributed by atoms with Crippen LogP contribution in [0.4, 0.5) is 20.2 Å². The molecule has 0 saturated heterocycles. The van der Waals surface area contributed by atoms with Gasteiger partial charge in [-0.05, 0) is 18.6 Å². The predicted octanol–water partition coefficient (Wildman–Crippen LogP) is 1.56. The smallest absolute Gasteiger partial charge is 0.387 e. The maximum Gasteiger partial charge on any atom is 0.387 e. The minimum absolute atomic E-state index is 0.0428. The average molecular weight is 260 g/mol. The molecule has 0 fully saturated rings. The lowest BCUT2D eigenvalue weighted by molar-refractivity contribution is -0.142. The van der Waals surface area contributed by atoms with E-state index in [2.05, 4.69) is 4.74 Å².